The molecule has 0 saturated heterocycles. The Morgan fingerprint density at radius 2 is 1.88 bits per heavy atom. The maximum Gasteiger partial charge on any atom is 0.254 e. The van der Waals surface area contributed by atoms with Gasteiger partial charge in [0.15, 0.2) is 0 Å². The number of amides is 1. The van der Waals surface area contributed by atoms with E-state index in [1.807, 2.05) is 61.5 Å². The Kier molecular flexibility index (Phi) is 5.26. The standard InChI is InChI=1S/C20H21N3O2/c1-15-7-5-6-10-18(15)23-14-17(13-22-23)20(25)21-12-11-19(24)16-8-3-2-4-9-16/h2-10,13-14,19,24H,11-12H2,1H3,(H,21,25). The highest BCUT2D eigenvalue weighted by molar-refractivity contribution is 5.93. The topological polar surface area (TPSA) is 67.2 Å². The van der Waals surface area contributed by atoms with E-state index < -0.39 is 6.10 Å². The van der Waals surface area contributed by atoms with E-state index in [2.05, 4.69) is 10.4 Å². The van der Waals surface area contributed by atoms with Gasteiger partial charge in [0, 0.05) is 12.7 Å². The second-order valence-corrected chi connectivity index (χ2v) is 5.93. The Bertz CT molecular complexity index is 843. The van der Waals surface area contributed by atoms with Crippen LogP contribution in [0.5, 0.6) is 0 Å². The number of nitrogens with one attached hydrogen (secondary N) is 1. The molecule has 1 unspecified atom stereocenters. The van der Waals surface area contributed by atoms with Crippen LogP contribution in [-0.2, 0) is 0 Å². The van der Waals surface area contributed by atoms with Crippen molar-refractivity contribution in [1.29, 1.82) is 0 Å². The van der Waals surface area contributed by atoms with Crippen molar-refractivity contribution in [3.05, 3.63) is 83.7 Å². The van der Waals surface area contributed by atoms with Crippen LogP contribution in [0.15, 0.2) is 67.0 Å². The maximum atomic E-state index is 12.2. The molecule has 2 N–H and O–H groups in total. The molecule has 0 aliphatic carbocycles. The van der Waals surface area contributed by atoms with E-state index in [9.17, 15) is 9.90 Å². The second-order valence-electron chi connectivity index (χ2n) is 5.93. The first-order valence-electron chi connectivity index (χ1n) is 8.27. The molecular formula is C20H21N3O2. The van der Waals surface area contributed by atoms with Gasteiger partial charge < -0.3 is 10.4 Å². The van der Waals surface area contributed by atoms with Crippen molar-refractivity contribution in [2.75, 3.05) is 6.54 Å². The predicted octanol–water partition coefficient (Wildman–Crippen LogP) is 3.03. The number of hydrogen-bond acceptors (Lipinski definition) is 3. The Morgan fingerprint density at radius 3 is 2.64 bits per heavy atom. The van der Waals surface area contributed by atoms with Crippen LogP contribution in [0.4, 0.5) is 0 Å². The summed E-state index contributed by atoms with van der Waals surface area (Å²) >= 11 is 0. The highest BCUT2D eigenvalue weighted by Crippen LogP contribution is 2.15. The number of aliphatic hydroxyl groups excluding tert-OH is 1. The molecule has 0 spiro atoms. The van der Waals surface area contributed by atoms with Crippen molar-refractivity contribution in [3.63, 3.8) is 0 Å². The fourth-order valence-corrected chi connectivity index (χ4v) is 2.66. The first kappa shape index (κ1) is 16.9. The van der Waals surface area contributed by atoms with Crippen molar-refractivity contribution < 1.29 is 9.90 Å². The largest absolute Gasteiger partial charge is 0.388 e. The molecule has 0 aliphatic heterocycles. The van der Waals surface area contributed by atoms with Gasteiger partial charge in [0.25, 0.3) is 5.91 Å². The Balaban J connectivity index is 1.57. The number of aromatic nitrogens is 2. The Labute approximate surface area is 146 Å². The number of carbonyl (C=O) groups is 1. The molecule has 25 heavy (non-hydrogen) atoms. The van der Waals surface area contributed by atoms with Crippen molar-refractivity contribution in [3.8, 4) is 5.69 Å². The van der Waals surface area contributed by atoms with Gasteiger partial charge in [-0.05, 0) is 30.5 Å². The molecular weight excluding hydrogens is 314 g/mol. The lowest BCUT2D eigenvalue weighted by molar-refractivity contribution is 0.0942. The molecule has 5 heteroatoms. The number of carbonyl (C=O) groups excluding carboxylic acids is 1. The summed E-state index contributed by atoms with van der Waals surface area (Å²) in [7, 11) is 0. The molecule has 1 heterocycles. The fourth-order valence-electron chi connectivity index (χ4n) is 2.66. The van der Waals surface area contributed by atoms with Gasteiger partial charge in [-0.2, -0.15) is 5.10 Å². The third-order valence-corrected chi connectivity index (χ3v) is 4.09. The van der Waals surface area contributed by atoms with Gasteiger partial charge >= 0.3 is 0 Å². The average Bonchev–Trinajstić information content (AvgIpc) is 3.12. The molecule has 0 bridgehead atoms. The van der Waals surface area contributed by atoms with E-state index in [-0.39, 0.29) is 5.91 Å². The molecule has 0 fully saturated rings. The van der Waals surface area contributed by atoms with E-state index >= 15 is 0 Å². The summed E-state index contributed by atoms with van der Waals surface area (Å²) in [5.74, 6) is -0.194. The summed E-state index contributed by atoms with van der Waals surface area (Å²) in [6, 6.07) is 17.3. The van der Waals surface area contributed by atoms with Gasteiger partial charge in [0.1, 0.15) is 0 Å². The van der Waals surface area contributed by atoms with Crippen molar-refractivity contribution in [2.45, 2.75) is 19.4 Å². The van der Waals surface area contributed by atoms with Crippen molar-refractivity contribution in [1.82, 2.24) is 15.1 Å². The molecule has 3 aromatic rings. The smallest absolute Gasteiger partial charge is 0.254 e. The van der Waals surface area contributed by atoms with Gasteiger partial charge in [-0.1, -0.05) is 48.5 Å². The monoisotopic (exact) mass is 335 g/mol. The van der Waals surface area contributed by atoms with Crippen LogP contribution >= 0.6 is 0 Å². The SMILES string of the molecule is Cc1ccccc1-n1cc(C(=O)NCCC(O)c2ccccc2)cn1. The minimum Gasteiger partial charge on any atom is -0.388 e. The summed E-state index contributed by atoms with van der Waals surface area (Å²) in [5.41, 5.74) is 3.38. The molecule has 2 aromatic carbocycles. The molecule has 1 aromatic heterocycles. The molecule has 3 rings (SSSR count). The normalized spacial score (nSPS) is 11.9. The number of hydrogen-bond donors (Lipinski definition) is 2. The van der Waals surface area contributed by atoms with Crippen molar-refractivity contribution in [2.24, 2.45) is 0 Å². The number of nitrogens with zero attached hydrogens (tertiary/aromatic N) is 2. The van der Waals surface area contributed by atoms with Crippen LogP contribution in [0.2, 0.25) is 0 Å². The van der Waals surface area contributed by atoms with E-state index in [0.29, 0.717) is 18.5 Å². The maximum absolute atomic E-state index is 12.2. The summed E-state index contributed by atoms with van der Waals surface area (Å²) in [6.45, 7) is 2.40. The predicted molar refractivity (Wildman–Crippen MR) is 96.7 cm³/mol. The van der Waals surface area contributed by atoms with E-state index in [1.54, 1.807) is 17.1 Å². The number of para-hydroxylation sites is 1. The first-order chi connectivity index (χ1) is 12.1. The number of benzene rings is 2. The van der Waals surface area contributed by atoms with E-state index in [1.165, 1.54) is 0 Å². The number of aliphatic hydroxyl groups is 1. The van der Waals surface area contributed by atoms with Gasteiger partial charge in [0.2, 0.25) is 0 Å². The summed E-state index contributed by atoms with van der Waals surface area (Å²) < 4.78 is 1.70. The molecule has 0 aliphatic rings. The zero-order valence-electron chi connectivity index (χ0n) is 14.1. The number of rotatable bonds is 6. The van der Waals surface area contributed by atoms with Gasteiger partial charge in [0.05, 0.1) is 23.6 Å². The zero-order chi connectivity index (χ0) is 17.6. The second kappa shape index (κ2) is 7.77. The average molecular weight is 335 g/mol. The van der Waals surface area contributed by atoms with Gasteiger partial charge in [-0.15, -0.1) is 0 Å². The quantitative estimate of drug-likeness (QED) is 0.727. The fraction of sp³-hybridized carbons (Fsp3) is 0.200. The van der Waals surface area contributed by atoms with Crippen LogP contribution < -0.4 is 5.32 Å². The Hall–Kier alpha value is -2.92. The van der Waals surface area contributed by atoms with E-state index in [4.69, 9.17) is 0 Å². The summed E-state index contributed by atoms with van der Waals surface area (Å²) in [6.07, 6.45) is 3.14. The number of aryl methyl sites for hydroxylation is 1. The lowest BCUT2D eigenvalue weighted by atomic mass is 10.1. The van der Waals surface area contributed by atoms with Gasteiger partial charge in [-0.25, -0.2) is 4.68 Å². The molecule has 1 amide bonds. The van der Waals surface area contributed by atoms with Crippen LogP contribution in [0, 0.1) is 6.92 Å². The zero-order valence-corrected chi connectivity index (χ0v) is 14.1. The van der Waals surface area contributed by atoms with E-state index in [0.717, 1.165) is 16.8 Å². The highest BCUT2D eigenvalue weighted by atomic mass is 16.3. The lowest BCUT2D eigenvalue weighted by Crippen LogP contribution is -2.25. The highest BCUT2D eigenvalue weighted by Gasteiger charge is 2.12. The molecule has 0 radical (unpaired) electrons. The summed E-state index contributed by atoms with van der Waals surface area (Å²) in [4.78, 5) is 12.2. The first-order valence-corrected chi connectivity index (χ1v) is 8.27. The molecule has 0 saturated carbocycles. The molecule has 5 nitrogen and oxygen atoms in total. The third-order valence-electron chi connectivity index (χ3n) is 4.09. The van der Waals surface area contributed by atoms with Crippen molar-refractivity contribution >= 4 is 5.91 Å². The summed E-state index contributed by atoms with van der Waals surface area (Å²) in [5, 5.41) is 17.2. The van der Waals surface area contributed by atoms with Crippen LogP contribution in [0.25, 0.3) is 5.69 Å². The lowest BCUT2D eigenvalue weighted by Gasteiger charge is -2.11. The Morgan fingerprint density at radius 1 is 1.16 bits per heavy atom. The minimum atomic E-state index is -0.587. The van der Waals surface area contributed by atoms with Gasteiger partial charge in [-0.3, -0.25) is 4.79 Å². The van der Waals surface area contributed by atoms with Crippen LogP contribution in [0.1, 0.15) is 34.0 Å². The van der Waals surface area contributed by atoms with Crippen LogP contribution in [-0.4, -0.2) is 27.3 Å². The third kappa shape index (κ3) is 4.14. The minimum absolute atomic E-state index is 0.194. The van der Waals surface area contributed by atoms with Crippen LogP contribution in [0.3, 0.4) is 0 Å². The molecule has 1 atom stereocenters. The molecule has 128 valence electrons.